The van der Waals surface area contributed by atoms with Crippen LogP contribution in [0.4, 0.5) is 0 Å². The van der Waals surface area contributed by atoms with Gasteiger partial charge in [-0.05, 0) is 23.8 Å². The highest BCUT2D eigenvalue weighted by Gasteiger charge is 2.05. The maximum atomic E-state index is 9.78. The summed E-state index contributed by atoms with van der Waals surface area (Å²) in [6.07, 6.45) is 10.8. The molecule has 86 valence electrons. The molecule has 0 heterocycles. The average Bonchev–Trinajstić information content (AvgIpc) is 2.78. The Morgan fingerprint density at radius 1 is 1.06 bits per heavy atom. The van der Waals surface area contributed by atoms with E-state index in [9.17, 15) is 10.2 Å². The Labute approximate surface area is 99.0 Å². The highest BCUT2D eigenvalue weighted by molar-refractivity contribution is 5.67. The van der Waals surface area contributed by atoms with Crippen LogP contribution >= 0.6 is 0 Å². The van der Waals surface area contributed by atoms with Gasteiger partial charge >= 0.3 is 0 Å². The predicted octanol–water partition coefficient (Wildman–Crippen LogP) is 3.05. The molecule has 0 spiro atoms. The number of hydrogen-bond donors (Lipinski definition) is 3. The molecule has 0 aromatic heterocycles. The van der Waals surface area contributed by atoms with Gasteiger partial charge in [-0.1, -0.05) is 30.4 Å². The zero-order valence-corrected chi connectivity index (χ0v) is 9.04. The molecule has 0 saturated heterocycles. The fraction of sp³-hybridized carbons (Fsp3) is 0. The topological polar surface area (TPSA) is 60.7 Å². The lowest BCUT2D eigenvalue weighted by Crippen LogP contribution is -1.83. The Kier molecular flexibility index (Phi) is 3.01. The molecule has 1 aliphatic carbocycles. The molecular weight excluding hydrogens is 216 g/mol. The molecular formula is C14H12O3. The molecule has 0 saturated carbocycles. The summed E-state index contributed by atoms with van der Waals surface area (Å²) in [4.78, 5) is 0. The Morgan fingerprint density at radius 2 is 1.76 bits per heavy atom. The van der Waals surface area contributed by atoms with Gasteiger partial charge in [0.25, 0.3) is 0 Å². The Balaban J connectivity index is 2.27. The number of aliphatic hydroxyl groups is 1. The Hall–Kier alpha value is -2.42. The molecule has 1 aromatic carbocycles. The quantitative estimate of drug-likeness (QED) is 0.682. The summed E-state index contributed by atoms with van der Waals surface area (Å²) in [5, 5.41) is 28.5. The maximum Gasteiger partial charge on any atom is 0.130 e. The molecule has 0 amide bonds. The zero-order valence-electron chi connectivity index (χ0n) is 9.04. The number of aliphatic hydroxyl groups excluding tert-OH is 1. The zero-order chi connectivity index (χ0) is 12.3. The average molecular weight is 228 g/mol. The van der Waals surface area contributed by atoms with Gasteiger partial charge in [0.05, 0.1) is 5.56 Å². The minimum absolute atomic E-state index is 0.0425. The van der Waals surface area contributed by atoms with Crippen LogP contribution in [0, 0.1) is 0 Å². The summed E-state index contributed by atoms with van der Waals surface area (Å²) in [7, 11) is 0. The number of hydrogen-bond acceptors (Lipinski definition) is 3. The van der Waals surface area contributed by atoms with Crippen molar-refractivity contribution in [1.82, 2.24) is 0 Å². The lowest BCUT2D eigenvalue weighted by molar-refractivity contribution is 0.443. The van der Waals surface area contributed by atoms with E-state index < -0.39 is 0 Å². The van der Waals surface area contributed by atoms with E-state index in [1.165, 1.54) is 24.3 Å². The first-order valence-corrected chi connectivity index (χ1v) is 5.15. The van der Waals surface area contributed by atoms with Crippen molar-refractivity contribution in [2.75, 3.05) is 0 Å². The highest BCUT2D eigenvalue weighted by Crippen LogP contribution is 2.27. The third kappa shape index (κ3) is 2.58. The summed E-state index contributed by atoms with van der Waals surface area (Å²) >= 11 is 0. The van der Waals surface area contributed by atoms with E-state index in [0.29, 0.717) is 0 Å². The maximum absolute atomic E-state index is 9.78. The van der Waals surface area contributed by atoms with Crippen molar-refractivity contribution in [3.63, 3.8) is 0 Å². The van der Waals surface area contributed by atoms with Crippen LogP contribution in [0.1, 0.15) is 5.56 Å². The Morgan fingerprint density at radius 3 is 2.41 bits per heavy atom. The first-order chi connectivity index (χ1) is 8.16. The van der Waals surface area contributed by atoms with Gasteiger partial charge in [0.2, 0.25) is 0 Å². The van der Waals surface area contributed by atoms with Gasteiger partial charge in [0.1, 0.15) is 17.3 Å². The van der Waals surface area contributed by atoms with Crippen molar-refractivity contribution in [3.05, 3.63) is 65.8 Å². The minimum Gasteiger partial charge on any atom is -0.508 e. The lowest BCUT2D eigenvalue weighted by atomic mass is 10.1. The predicted molar refractivity (Wildman–Crippen MR) is 66.7 cm³/mol. The van der Waals surface area contributed by atoms with E-state index in [1.54, 1.807) is 6.08 Å². The van der Waals surface area contributed by atoms with Crippen LogP contribution in [0.15, 0.2) is 60.2 Å². The van der Waals surface area contributed by atoms with Crippen LogP contribution in [0.5, 0.6) is 11.5 Å². The SMILES string of the molecule is OC(=CC=C1C=CC=C1)c1ccc(O)cc1O. The number of phenolic OH excluding ortho intramolecular Hbond substituents is 2. The van der Waals surface area contributed by atoms with Crippen LogP contribution in [-0.4, -0.2) is 15.3 Å². The molecule has 1 aromatic rings. The van der Waals surface area contributed by atoms with Gasteiger partial charge in [0, 0.05) is 6.07 Å². The first-order valence-electron chi connectivity index (χ1n) is 5.15. The van der Waals surface area contributed by atoms with Crippen LogP contribution in [0.25, 0.3) is 5.76 Å². The van der Waals surface area contributed by atoms with Gasteiger partial charge in [-0.15, -0.1) is 0 Å². The summed E-state index contributed by atoms with van der Waals surface area (Å²) in [5.74, 6) is -0.252. The van der Waals surface area contributed by atoms with Crippen LogP contribution in [-0.2, 0) is 0 Å². The van der Waals surface area contributed by atoms with E-state index in [0.717, 1.165) is 5.57 Å². The van der Waals surface area contributed by atoms with Crippen molar-refractivity contribution in [3.8, 4) is 11.5 Å². The molecule has 3 N–H and O–H groups in total. The number of benzene rings is 1. The van der Waals surface area contributed by atoms with Crippen LogP contribution < -0.4 is 0 Å². The molecule has 0 unspecified atom stereocenters. The largest absolute Gasteiger partial charge is 0.508 e. The van der Waals surface area contributed by atoms with E-state index in [2.05, 4.69) is 0 Å². The highest BCUT2D eigenvalue weighted by atomic mass is 16.3. The van der Waals surface area contributed by atoms with Crippen LogP contribution in [0.3, 0.4) is 0 Å². The second-order valence-corrected chi connectivity index (χ2v) is 3.64. The van der Waals surface area contributed by atoms with Crippen LogP contribution in [0.2, 0.25) is 0 Å². The molecule has 0 aliphatic heterocycles. The molecule has 17 heavy (non-hydrogen) atoms. The summed E-state index contributed by atoms with van der Waals surface area (Å²) in [6.45, 7) is 0. The second kappa shape index (κ2) is 4.61. The molecule has 1 aliphatic rings. The third-order valence-electron chi connectivity index (χ3n) is 2.38. The van der Waals surface area contributed by atoms with Gasteiger partial charge in [-0.25, -0.2) is 0 Å². The normalized spacial score (nSPS) is 14.4. The number of phenols is 2. The number of aromatic hydroxyl groups is 2. The number of rotatable bonds is 2. The third-order valence-corrected chi connectivity index (χ3v) is 2.38. The number of allylic oxidation sites excluding steroid dienone is 7. The minimum atomic E-state index is -0.158. The van der Waals surface area contributed by atoms with E-state index in [4.69, 9.17) is 5.11 Å². The molecule has 3 heteroatoms. The van der Waals surface area contributed by atoms with E-state index in [1.807, 2.05) is 24.3 Å². The van der Waals surface area contributed by atoms with Crippen molar-refractivity contribution < 1.29 is 15.3 Å². The Bertz CT molecular complexity index is 535. The fourth-order valence-corrected chi connectivity index (χ4v) is 1.50. The second-order valence-electron chi connectivity index (χ2n) is 3.64. The van der Waals surface area contributed by atoms with Crippen molar-refractivity contribution in [2.45, 2.75) is 0 Å². The molecule has 0 atom stereocenters. The van der Waals surface area contributed by atoms with Gasteiger partial charge in [0.15, 0.2) is 0 Å². The van der Waals surface area contributed by atoms with Gasteiger partial charge < -0.3 is 15.3 Å². The molecule has 0 fully saturated rings. The van der Waals surface area contributed by atoms with E-state index in [-0.39, 0.29) is 22.8 Å². The molecule has 0 bridgehead atoms. The van der Waals surface area contributed by atoms with Gasteiger partial charge in [-0.3, -0.25) is 0 Å². The molecule has 0 radical (unpaired) electrons. The summed E-state index contributed by atoms with van der Waals surface area (Å²) < 4.78 is 0. The van der Waals surface area contributed by atoms with Crippen molar-refractivity contribution in [2.24, 2.45) is 0 Å². The summed E-state index contributed by atoms with van der Waals surface area (Å²) in [5.41, 5.74) is 1.25. The summed E-state index contributed by atoms with van der Waals surface area (Å²) in [6, 6.07) is 4.04. The lowest BCUT2D eigenvalue weighted by Gasteiger charge is -2.03. The standard InChI is InChI=1S/C14H12O3/c15-11-6-7-12(14(17)9-11)13(16)8-5-10-3-1-2-4-10/h1-9,15-17H. The monoisotopic (exact) mass is 228 g/mol. The first kappa shape index (κ1) is 11.1. The van der Waals surface area contributed by atoms with Crippen molar-refractivity contribution in [1.29, 1.82) is 0 Å². The molecule has 3 nitrogen and oxygen atoms in total. The van der Waals surface area contributed by atoms with Crippen molar-refractivity contribution >= 4 is 5.76 Å². The molecule has 2 rings (SSSR count). The van der Waals surface area contributed by atoms with Gasteiger partial charge in [-0.2, -0.15) is 0 Å². The van der Waals surface area contributed by atoms with E-state index >= 15 is 0 Å². The fourth-order valence-electron chi connectivity index (χ4n) is 1.50. The smallest absolute Gasteiger partial charge is 0.130 e.